The Bertz CT molecular complexity index is 701. The molecule has 2 aromatic rings. The zero-order chi connectivity index (χ0) is 17.5. The van der Waals surface area contributed by atoms with Crippen LogP contribution in [-0.2, 0) is 6.42 Å². The Kier molecular flexibility index (Phi) is 6.28. The highest BCUT2D eigenvalue weighted by Crippen LogP contribution is 2.34. The van der Waals surface area contributed by atoms with Gasteiger partial charge in [-0.3, -0.25) is 0 Å². The van der Waals surface area contributed by atoms with Crippen molar-refractivity contribution in [1.29, 1.82) is 0 Å². The van der Waals surface area contributed by atoms with Crippen LogP contribution in [-0.4, -0.2) is 0 Å². The van der Waals surface area contributed by atoms with E-state index in [0.717, 1.165) is 6.42 Å². The summed E-state index contributed by atoms with van der Waals surface area (Å²) < 4.78 is 0. The molecule has 0 fully saturated rings. The van der Waals surface area contributed by atoms with E-state index in [2.05, 4.69) is 68.1 Å². The molecule has 2 aromatic carbocycles. The number of rotatable bonds is 7. The lowest BCUT2D eigenvalue weighted by atomic mass is 9.83. The molecule has 0 aromatic heterocycles. The van der Waals surface area contributed by atoms with E-state index in [1.807, 2.05) is 6.08 Å². The molecule has 0 N–H and O–H groups in total. The fourth-order valence-corrected chi connectivity index (χ4v) is 3.81. The number of allylic oxidation sites excluding steroid dienone is 3. The number of hydrogen-bond donors (Lipinski definition) is 0. The molecular formula is C25H30. The summed E-state index contributed by atoms with van der Waals surface area (Å²) in [6, 6.07) is 18.3. The van der Waals surface area contributed by atoms with E-state index in [-0.39, 0.29) is 0 Å². The van der Waals surface area contributed by atoms with Gasteiger partial charge in [0, 0.05) is 0 Å². The average Bonchev–Trinajstić information content (AvgIpc) is 2.68. The van der Waals surface area contributed by atoms with Crippen molar-refractivity contribution >= 4 is 0 Å². The molecule has 1 aliphatic carbocycles. The first-order chi connectivity index (χ1) is 12.3. The Labute approximate surface area is 153 Å². The van der Waals surface area contributed by atoms with Gasteiger partial charge < -0.3 is 0 Å². The molecule has 0 spiro atoms. The third kappa shape index (κ3) is 4.72. The molecule has 0 saturated heterocycles. The van der Waals surface area contributed by atoms with Gasteiger partial charge in [-0.15, -0.1) is 6.58 Å². The van der Waals surface area contributed by atoms with E-state index in [1.165, 1.54) is 60.8 Å². The normalized spacial score (nSPS) is 17.2. The number of hydrogen-bond acceptors (Lipinski definition) is 0. The van der Waals surface area contributed by atoms with Crippen LogP contribution < -0.4 is 0 Å². The monoisotopic (exact) mass is 330 g/mol. The molecule has 1 atom stereocenters. The summed E-state index contributed by atoms with van der Waals surface area (Å²) in [5, 5.41) is 0. The maximum absolute atomic E-state index is 3.83. The van der Waals surface area contributed by atoms with Crippen LogP contribution >= 0.6 is 0 Å². The molecule has 130 valence electrons. The Balaban J connectivity index is 1.64. The Morgan fingerprint density at radius 2 is 1.64 bits per heavy atom. The van der Waals surface area contributed by atoms with Crippen LogP contribution in [0.1, 0.15) is 62.5 Å². The predicted octanol–water partition coefficient (Wildman–Crippen LogP) is 7.47. The minimum absolute atomic E-state index is 0.688. The van der Waals surface area contributed by atoms with Crippen LogP contribution in [0, 0.1) is 0 Å². The lowest BCUT2D eigenvalue weighted by Crippen LogP contribution is -2.04. The van der Waals surface area contributed by atoms with E-state index in [1.54, 1.807) is 5.57 Å². The second-order valence-electron chi connectivity index (χ2n) is 7.23. The summed E-state index contributed by atoms with van der Waals surface area (Å²) >= 11 is 0. The number of benzene rings is 2. The van der Waals surface area contributed by atoms with Crippen LogP contribution in [0.5, 0.6) is 0 Å². The molecule has 1 aliphatic rings. The highest BCUT2D eigenvalue weighted by molar-refractivity contribution is 5.64. The second kappa shape index (κ2) is 8.85. The van der Waals surface area contributed by atoms with Crippen molar-refractivity contribution < 1.29 is 0 Å². The van der Waals surface area contributed by atoms with Crippen molar-refractivity contribution in [1.82, 2.24) is 0 Å². The quantitative estimate of drug-likeness (QED) is 0.462. The van der Waals surface area contributed by atoms with Gasteiger partial charge in [-0.2, -0.15) is 0 Å². The van der Waals surface area contributed by atoms with Crippen LogP contribution in [0.15, 0.2) is 72.8 Å². The zero-order valence-corrected chi connectivity index (χ0v) is 15.5. The van der Waals surface area contributed by atoms with E-state index in [0.29, 0.717) is 5.92 Å². The SMILES string of the molecule is C=CCCC1=CCC(c2ccc(-c3ccc(CCC)cc3)cc2)CC1. The minimum Gasteiger partial charge on any atom is -0.103 e. The van der Waals surface area contributed by atoms with Crippen molar-refractivity contribution in [3.63, 3.8) is 0 Å². The lowest BCUT2D eigenvalue weighted by molar-refractivity contribution is 0.586. The molecule has 0 heteroatoms. The maximum atomic E-state index is 3.83. The van der Waals surface area contributed by atoms with Gasteiger partial charge in [-0.1, -0.05) is 79.6 Å². The topological polar surface area (TPSA) is 0 Å². The van der Waals surface area contributed by atoms with Gasteiger partial charge in [-0.25, -0.2) is 0 Å². The third-order valence-corrected chi connectivity index (χ3v) is 5.38. The second-order valence-corrected chi connectivity index (χ2v) is 7.23. The van der Waals surface area contributed by atoms with Gasteiger partial charge in [0.2, 0.25) is 0 Å². The maximum Gasteiger partial charge on any atom is -0.0124 e. The van der Waals surface area contributed by atoms with E-state index >= 15 is 0 Å². The van der Waals surface area contributed by atoms with Gasteiger partial charge in [-0.05, 0) is 66.7 Å². The highest BCUT2D eigenvalue weighted by atomic mass is 14.2. The summed E-state index contributed by atoms with van der Waals surface area (Å²) in [6.07, 6.45) is 12.9. The van der Waals surface area contributed by atoms with Crippen molar-refractivity contribution in [3.8, 4) is 11.1 Å². The molecule has 0 saturated carbocycles. The molecule has 0 bridgehead atoms. The smallest absolute Gasteiger partial charge is 0.0124 e. The molecule has 25 heavy (non-hydrogen) atoms. The van der Waals surface area contributed by atoms with Gasteiger partial charge in [0.25, 0.3) is 0 Å². The van der Waals surface area contributed by atoms with Gasteiger partial charge >= 0.3 is 0 Å². The molecule has 0 amide bonds. The van der Waals surface area contributed by atoms with Crippen molar-refractivity contribution in [2.24, 2.45) is 0 Å². The van der Waals surface area contributed by atoms with Crippen molar-refractivity contribution in [2.75, 3.05) is 0 Å². The van der Waals surface area contributed by atoms with Gasteiger partial charge in [0.05, 0.1) is 0 Å². The van der Waals surface area contributed by atoms with E-state index in [4.69, 9.17) is 0 Å². The third-order valence-electron chi connectivity index (χ3n) is 5.38. The van der Waals surface area contributed by atoms with E-state index in [9.17, 15) is 0 Å². The summed E-state index contributed by atoms with van der Waals surface area (Å²) in [5.74, 6) is 0.688. The molecule has 3 rings (SSSR count). The van der Waals surface area contributed by atoms with Gasteiger partial charge in [0.15, 0.2) is 0 Å². The molecule has 0 heterocycles. The lowest BCUT2D eigenvalue weighted by Gasteiger charge is -2.22. The Morgan fingerprint density at radius 1 is 0.960 bits per heavy atom. The predicted molar refractivity (Wildman–Crippen MR) is 110 cm³/mol. The van der Waals surface area contributed by atoms with Crippen molar-refractivity contribution in [3.05, 3.63) is 84.0 Å². The molecule has 0 aliphatic heterocycles. The standard InChI is InChI=1S/C25H30/c1-3-5-7-21-10-14-23(15-11-21)25-18-16-24(17-19-25)22-12-8-20(6-4-2)9-13-22/h3,8-10,12-13,16-19,23H,1,4-7,11,14-15H2,2H3. The molecular weight excluding hydrogens is 300 g/mol. The summed E-state index contributed by atoms with van der Waals surface area (Å²) in [4.78, 5) is 0. The Morgan fingerprint density at radius 3 is 2.20 bits per heavy atom. The van der Waals surface area contributed by atoms with Crippen LogP contribution in [0.2, 0.25) is 0 Å². The average molecular weight is 331 g/mol. The first kappa shape index (κ1) is 17.7. The Hall–Kier alpha value is -2.08. The van der Waals surface area contributed by atoms with E-state index < -0.39 is 0 Å². The number of aryl methyl sites for hydroxylation is 1. The van der Waals surface area contributed by atoms with Crippen LogP contribution in [0.25, 0.3) is 11.1 Å². The highest BCUT2D eigenvalue weighted by Gasteiger charge is 2.16. The fourth-order valence-electron chi connectivity index (χ4n) is 3.81. The molecule has 1 unspecified atom stereocenters. The van der Waals surface area contributed by atoms with Crippen molar-refractivity contribution in [2.45, 2.75) is 57.8 Å². The largest absolute Gasteiger partial charge is 0.103 e. The minimum atomic E-state index is 0.688. The van der Waals surface area contributed by atoms with Crippen LogP contribution in [0.4, 0.5) is 0 Å². The fraction of sp³-hybridized carbons (Fsp3) is 0.360. The summed E-state index contributed by atoms with van der Waals surface area (Å²) in [6.45, 7) is 6.06. The summed E-state index contributed by atoms with van der Waals surface area (Å²) in [5.41, 5.74) is 7.20. The molecule has 0 nitrogen and oxygen atoms in total. The summed E-state index contributed by atoms with van der Waals surface area (Å²) in [7, 11) is 0. The first-order valence-corrected chi connectivity index (χ1v) is 9.78. The van der Waals surface area contributed by atoms with Gasteiger partial charge in [0.1, 0.15) is 0 Å². The van der Waals surface area contributed by atoms with Crippen LogP contribution in [0.3, 0.4) is 0 Å². The first-order valence-electron chi connectivity index (χ1n) is 9.78. The molecule has 0 radical (unpaired) electrons. The zero-order valence-electron chi connectivity index (χ0n) is 15.5.